The number of hydrogen-bond donors (Lipinski definition) is 0. The van der Waals surface area contributed by atoms with Crippen molar-refractivity contribution in [3.8, 4) is 89.0 Å². The zero-order valence-corrected chi connectivity index (χ0v) is 41.0. The summed E-state index contributed by atoms with van der Waals surface area (Å²) in [5, 5.41) is 3.51. The molecule has 13 aromatic rings. The third-order valence-corrected chi connectivity index (χ3v) is 14.8. The Labute approximate surface area is 442 Å². The second-order valence-electron chi connectivity index (χ2n) is 19.4. The Bertz CT molecular complexity index is 4290. The van der Waals surface area contributed by atoms with Gasteiger partial charge in [-0.15, -0.1) is 0 Å². The molecule has 0 aliphatic rings. The van der Waals surface area contributed by atoms with Crippen molar-refractivity contribution in [3.63, 3.8) is 0 Å². The maximum Gasteiger partial charge on any atom is 0.159 e. The van der Waals surface area contributed by atoms with E-state index in [1.165, 1.54) is 24.3 Å². The molecular formula is C70H38F8. The highest BCUT2D eigenvalue weighted by Gasteiger charge is 2.24. The van der Waals surface area contributed by atoms with E-state index in [2.05, 4.69) is 0 Å². The first-order valence-corrected chi connectivity index (χ1v) is 25.1. The smallest absolute Gasteiger partial charge is 0.159 e. The highest BCUT2D eigenvalue weighted by Crippen LogP contribution is 2.50. The molecule has 0 unspecified atom stereocenters. The third-order valence-electron chi connectivity index (χ3n) is 14.8. The Hall–Kier alpha value is -9.66. The quantitative estimate of drug-likeness (QED) is 0.133. The molecule has 78 heavy (non-hydrogen) atoms. The van der Waals surface area contributed by atoms with Crippen LogP contribution in [0.5, 0.6) is 0 Å². The van der Waals surface area contributed by atoms with Crippen molar-refractivity contribution in [3.05, 3.63) is 277 Å². The van der Waals surface area contributed by atoms with Gasteiger partial charge in [-0.1, -0.05) is 133 Å². The molecule has 0 aliphatic heterocycles. The molecule has 0 heterocycles. The predicted octanol–water partition coefficient (Wildman–Crippen LogP) is 20.7. The summed E-state index contributed by atoms with van der Waals surface area (Å²) in [6.45, 7) is 0. The van der Waals surface area contributed by atoms with Crippen LogP contribution in [0.2, 0.25) is 0 Å². The molecule has 0 spiro atoms. The molecule has 0 saturated carbocycles. The van der Waals surface area contributed by atoms with Crippen molar-refractivity contribution >= 4 is 43.1 Å². The first-order chi connectivity index (χ1) is 37.9. The number of halogens is 8. The number of benzene rings is 13. The minimum absolute atomic E-state index is 0.399. The fourth-order valence-corrected chi connectivity index (χ4v) is 11.1. The van der Waals surface area contributed by atoms with Crippen LogP contribution in [0, 0.1) is 46.5 Å². The molecule has 0 N–H and O–H groups in total. The van der Waals surface area contributed by atoms with Gasteiger partial charge in [0.1, 0.15) is 0 Å². The molecule has 0 bridgehead atoms. The first kappa shape index (κ1) is 48.0. The normalized spacial score (nSPS) is 11.6. The van der Waals surface area contributed by atoms with E-state index in [0.717, 1.165) is 46.5 Å². The zero-order chi connectivity index (χ0) is 53.3. The van der Waals surface area contributed by atoms with E-state index in [-0.39, 0.29) is 0 Å². The monoisotopic (exact) mass is 1030 g/mol. The lowest BCUT2D eigenvalue weighted by atomic mass is 9.81. The summed E-state index contributed by atoms with van der Waals surface area (Å²) in [5.74, 6) is -8.10. The molecule has 0 aliphatic carbocycles. The minimum Gasteiger partial charge on any atom is -0.204 e. The second-order valence-corrected chi connectivity index (χ2v) is 19.4. The van der Waals surface area contributed by atoms with Gasteiger partial charge in [-0.05, 0) is 229 Å². The van der Waals surface area contributed by atoms with E-state index in [1.807, 2.05) is 182 Å². The molecular weight excluding hydrogens is 993 g/mol. The van der Waals surface area contributed by atoms with Crippen LogP contribution in [0.4, 0.5) is 35.1 Å². The topological polar surface area (TPSA) is 0 Å². The fraction of sp³-hybridized carbons (Fsp3) is 0. The molecule has 374 valence electrons. The largest absolute Gasteiger partial charge is 0.204 e. The molecule has 13 aromatic carbocycles. The molecule has 0 aromatic heterocycles. The Kier molecular flexibility index (Phi) is 11.8. The highest BCUT2D eigenvalue weighted by molar-refractivity contribution is 6.09. The Morgan fingerprint density at radius 1 is 0.141 bits per heavy atom. The SMILES string of the molecule is Fc1cc2cc(-c3ccccc3)c(-c3ccccc3-c3cc4cc(F)c(F)cc4cc3-c3ccccc3-c3cc4cc(F)c(F)cc4cc3-c3ccccc3-c3cc4cc(F)c(F)cc4cc3-c3ccccc3)cc2cc1F. The molecule has 0 amide bonds. The zero-order valence-electron chi connectivity index (χ0n) is 41.0. The molecule has 0 atom stereocenters. The Balaban J connectivity index is 1.09. The van der Waals surface area contributed by atoms with Gasteiger partial charge >= 0.3 is 0 Å². The molecule has 8 heteroatoms. The van der Waals surface area contributed by atoms with Crippen LogP contribution in [-0.2, 0) is 0 Å². The maximum absolute atomic E-state index is 15.4. The second kappa shape index (κ2) is 19.2. The third kappa shape index (κ3) is 8.43. The van der Waals surface area contributed by atoms with Crippen molar-refractivity contribution in [1.29, 1.82) is 0 Å². The summed E-state index contributed by atoms with van der Waals surface area (Å²) in [6, 6.07) is 65.8. The number of rotatable bonds is 8. The van der Waals surface area contributed by atoms with Crippen LogP contribution >= 0.6 is 0 Å². The summed E-state index contributed by atoms with van der Waals surface area (Å²) in [5.41, 5.74) is 11.0. The van der Waals surface area contributed by atoms with Gasteiger partial charge in [-0.3, -0.25) is 0 Å². The highest BCUT2D eigenvalue weighted by atomic mass is 19.2. The van der Waals surface area contributed by atoms with Gasteiger partial charge in [0, 0.05) is 0 Å². The van der Waals surface area contributed by atoms with Crippen LogP contribution in [0.25, 0.3) is 132 Å². The molecule has 0 radical (unpaired) electrons. The van der Waals surface area contributed by atoms with E-state index >= 15 is 26.3 Å². The molecule has 0 fully saturated rings. The predicted molar refractivity (Wildman–Crippen MR) is 300 cm³/mol. The van der Waals surface area contributed by atoms with Gasteiger partial charge in [0.05, 0.1) is 0 Å². The van der Waals surface area contributed by atoms with Crippen molar-refractivity contribution in [1.82, 2.24) is 0 Å². The van der Waals surface area contributed by atoms with Crippen molar-refractivity contribution < 1.29 is 35.1 Å². The van der Waals surface area contributed by atoms with E-state index in [0.29, 0.717) is 110 Å². The summed E-state index contributed by atoms with van der Waals surface area (Å²) in [4.78, 5) is 0. The standard InChI is InChI=1S/C70H38F8/c71-63-31-41-23-55(39-13-3-1-4-14-39)57(25-43(41)33-65(63)73)49-17-7-9-19-51(49)59-27-45-35-67(75)69(77)37-47(45)29-61(59)53-21-11-12-22-54(53)62-30-48-38-70(78)68(76)36-46(48)28-60(62)52-20-10-8-18-50(52)58-26-44-34-66(74)64(72)32-42(44)24-56(58)40-15-5-2-6-16-40/h1-38H. The maximum atomic E-state index is 15.4. The van der Waals surface area contributed by atoms with Crippen molar-refractivity contribution in [2.75, 3.05) is 0 Å². The number of fused-ring (bicyclic) bond motifs is 4. The molecule has 0 nitrogen and oxygen atoms in total. The molecule has 13 rings (SSSR count). The summed E-state index contributed by atoms with van der Waals surface area (Å²) >= 11 is 0. The van der Waals surface area contributed by atoms with E-state index in [9.17, 15) is 8.78 Å². The van der Waals surface area contributed by atoms with Gasteiger partial charge in [0.25, 0.3) is 0 Å². The van der Waals surface area contributed by atoms with Gasteiger partial charge in [0.2, 0.25) is 0 Å². The lowest BCUT2D eigenvalue weighted by Crippen LogP contribution is -1.97. The number of hydrogen-bond acceptors (Lipinski definition) is 0. The van der Waals surface area contributed by atoms with Crippen LogP contribution in [0.1, 0.15) is 0 Å². The van der Waals surface area contributed by atoms with Crippen molar-refractivity contribution in [2.45, 2.75) is 0 Å². The summed E-state index contributed by atoms with van der Waals surface area (Å²) in [6.07, 6.45) is 0. The van der Waals surface area contributed by atoms with Gasteiger partial charge in [-0.25, -0.2) is 35.1 Å². The van der Waals surface area contributed by atoms with Crippen LogP contribution in [0.15, 0.2) is 231 Å². The van der Waals surface area contributed by atoms with Crippen LogP contribution in [0.3, 0.4) is 0 Å². The van der Waals surface area contributed by atoms with E-state index in [4.69, 9.17) is 0 Å². The van der Waals surface area contributed by atoms with Gasteiger partial charge in [0.15, 0.2) is 46.5 Å². The van der Waals surface area contributed by atoms with Crippen molar-refractivity contribution in [2.24, 2.45) is 0 Å². The fourth-order valence-electron chi connectivity index (χ4n) is 11.1. The first-order valence-electron chi connectivity index (χ1n) is 25.1. The van der Waals surface area contributed by atoms with Gasteiger partial charge in [-0.2, -0.15) is 0 Å². The lowest BCUT2D eigenvalue weighted by Gasteiger charge is -2.22. The van der Waals surface area contributed by atoms with E-state index < -0.39 is 46.5 Å². The molecule has 0 saturated heterocycles. The summed E-state index contributed by atoms with van der Waals surface area (Å²) < 4.78 is 121. The summed E-state index contributed by atoms with van der Waals surface area (Å²) in [7, 11) is 0. The average molecular weight is 1030 g/mol. The minimum atomic E-state index is -1.04. The van der Waals surface area contributed by atoms with Crippen LogP contribution < -0.4 is 0 Å². The Morgan fingerprint density at radius 2 is 0.295 bits per heavy atom. The van der Waals surface area contributed by atoms with Gasteiger partial charge < -0.3 is 0 Å². The Morgan fingerprint density at radius 3 is 0.487 bits per heavy atom. The average Bonchev–Trinajstić information content (AvgIpc) is 3.52. The van der Waals surface area contributed by atoms with Crippen LogP contribution in [-0.4, -0.2) is 0 Å². The lowest BCUT2D eigenvalue weighted by molar-refractivity contribution is 0.511. The van der Waals surface area contributed by atoms with E-state index in [1.54, 1.807) is 0 Å².